The minimum Gasteiger partial charge on any atom is -0.497 e. The molecular weight excluding hydrogens is 454 g/mol. The molecule has 184 valence electrons. The van der Waals surface area contributed by atoms with E-state index < -0.39 is 0 Å². The first-order valence-electron chi connectivity index (χ1n) is 12.6. The molecule has 2 heterocycles. The lowest BCUT2D eigenvalue weighted by atomic mass is 9.82. The quantitative estimate of drug-likeness (QED) is 0.281. The molecule has 1 aliphatic rings. The number of methoxy groups -OCH3 is 1. The molecule has 6 heteroatoms. The van der Waals surface area contributed by atoms with Gasteiger partial charge in [-0.3, -0.25) is 4.98 Å². The van der Waals surface area contributed by atoms with Crippen molar-refractivity contribution in [1.82, 2.24) is 9.88 Å². The fourth-order valence-corrected chi connectivity index (χ4v) is 6.06. The monoisotopic (exact) mass is 489 g/mol. The molecule has 0 unspecified atom stereocenters. The molecule has 4 rings (SSSR count). The molecule has 0 spiro atoms. The van der Waals surface area contributed by atoms with Crippen molar-refractivity contribution < 1.29 is 9.84 Å². The van der Waals surface area contributed by atoms with E-state index in [-0.39, 0.29) is 6.61 Å². The summed E-state index contributed by atoms with van der Waals surface area (Å²) in [6, 6.07) is 18.2. The van der Waals surface area contributed by atoms with Crippen molar-refractivity contribution in [2.24, 2.45) is 11.8 Å². The molecule has 1 aliphatic heterocycles. The molecular formula is C29H35N3O2S. The Morgan fingerprint density at radius 2 is 2.09 bits per heavy atom. The van der Waals surface area contributed by atoms with Gasteiger partial charge in [0.15, 0.2) is 0 Å². The predicted octanol–water partition coefficient (Wildman–Crippen LogP) is 5.55. The number of benzene rings is 2. The Labute approximate surface area is 213 Å². The van der Waals surface area contributed by atoms with Crippen LogP contribution in [0.2, 0.25) is 0 Å². The number of thioether (sulfide) groups is 1. The number of hydrogen-bond acceptors (Lipinski definition) is 6. The number of ether oxygens (including phenoxy) is 1. The van der Waals surface area contributed by atoms with Crippen LogP contribution in [0.1, 0.15) is 36.8 Å². The molecule has 2 atom stereocenters. The van der Waals surface area contributed by atoms with Gasteiger partial charge in [-0.05, 0) is 111 Å². The number of pyridine rings is 1. The number of likely N-dealkylation sites (tertiary alicyclic amines) is 1. The number of piperidine rings is 1. The molecule has 0 bridgehead atoms. The molecule has 1 saturated heterocycles. The molecule has 0 aliphatic carbocycles. The van der Waals surface area contributed by atoms with Crippen LogP contribution in [0.25, 0.3) is 10.9 Å². The second-order valence-electron chi connectivity index (χ2n) is 9.38. The summed E-state index contributed by atoms with van der Waals surface area (Å²) in [6.45, 7) is 3.45. The maximum atomic E-state index is 10.1. The van der Waals surface area contributed by atoms with Gasteiger partial charge < -0.3 is 14.7 Å². The lowest BCUT2D eigenvalue weighted by Crippen LogP contribution is -2.42. The van der Waals surface area contributed by atoms with Crippen molar-refractivity contribution >= 4 is 22.7 Å². The highest BCUT2D eigenvalue weighted by Crippen LogP contribution is 2.30. The fraction of sp³-hybridized carbons (Fsp3) is 0.448. The van der Waals surface area contributed by atoms with E-state index in [1.54, 1.807) is 7.11 Å². The third kappa shape index (κ3) is 6.98. The molecule has 35 heavy (non-hydrogen) atoms. The first-order chi connectivity index (χ1) is 17.2. The van der Waals surface area contributed by atoms with Gasteiger partial charge in [0.25, 0.3) is 0 Å². The normalized spacial score (nSPS) is 18.4. The van der Waals surface area contributed by atoms with Gasteiger partial charge in [-0.1, -0.05) is 6.07 Å². The van der Waals surface area contributed by atoms with Crippen molar-refractivity contribution in [2.45, 2.75) is 37.0 Å². The van der Waals surface area contributed by atoms with Crippen LogP contribution >= 0.6 is 11.8 Å². The molecule has 1 N–H and O–H groups in total. The van der Waals surface area contributed by atoms with Gasteiger partial charge in [-0.15, -0.1) is 11.8 Å². The molecule has 2 aromatic carbocycles. The van der Waals surface area contributed by atoms with Crippen LogP contribution < -0.4 is 4.74 Å². The van der Waals surface area contributed by atoms with E-state index in [0.717, 1.165) is 79.2 Å². The van der Waals surface area contributed by atoms with Crippen molar-refractivity contribution in [2.75, 3.05) is 39.1 Å². The average Bonchev–Trinajstić information content (AvgIpc) is 2.91. The van der Waals surface area contributed by atoms with Crippen molar-refractivity contribution in [1.29, 1.82) is 5.26 Å². The number of hydrogen-bond donors (Lipinski definition) is 1. The summed E-state index contributed by atoms with van der Waals surface area (Å²) in [6.07, 6.45) is 7.47. The molecule has 1 fully saturated rings. The summed E-state index contributed by atoms with van der Waals surface area (Å²) in [7, 11) is 1.70. The van der Waals surface area contributed by atoms with E-state index in [4.69, 9.17) is 10.00 Å². The SMILES string of the molecule is COc1ccc2nccc(CCC[C@@H]3CCN(CCCSc4cccc(C#N)c4)C[C@@H]3CO)c2c1. The van der Waals surface area contributed by atoms with E-state index >= 15 is 0 Å². The minimum absolute atomic E-state index is 0.270. The highest BCUT2D eigenvalue weighted by atomic mass is 32.2. The first kappa shape index (κ1) is 25.5. The molecule has 0 amide bonds. The standard InChI is InChI=1S/C29H35N3O2S/c1-34-26-9-10-29-28(18-26)24(11-13-31-29)7-3-6-23-12-15-32(20-25(23)21-33)14-4-16-35-27-8-2-5-22(17-27)19-30/h2,5,8-11,13,17-18,23,25,33H,3-4,6-7,12,14-16,20-21H2,1H3/t23-,25-/m1/s1. The summed E-state index contributed by atoms with van der Waals surface area (Å²) in [5, 5.41) is 20.3. The Hall–Kier alpha value is -2.59. The largest absolute Gasteiger partial charge is 0.497 e. The maximum Gasteiger partial charge on any atom is 0.119 e. The van der Waals surface area contributed by atoms with E-state index in [1.165, 1.54) is 10.9 Å². The number of nitrogens with zero attached hydrogens (tertiary/aromatic N) is 3. The zero-order valence-electron chi connectivity index (χ0n) is 20.5. The molecule has 0 radical (unpaired) electrons. The summed E-state index contributed by atoms with van der Waals surface area (Å²) >= 11 is 1.82. The smallest absolute Gasteiger partial charge is 0.119 e. The fourth-order valence-electron chi connectivity index (χ4n) is 5.16. The highest BCUT2D eigenvalue weighted by Gasteiger charge is 2.28. The van der Waals surface area contributed by atoms with Crippen LogP contribution in [-0.4, -0.2) is 54.1 Å². The van der Waals surface area contributed by atoms with Crippen LogP contribution in [-0.2, 0) is 6.42 Å². The Kier molecular flexibility index (Phi) is 9.42. The van der Waals surface area contributed by atoms with Gasteiger partial charge in [0, 0.05) is 29.6 Å². The lowest BCUT2D eigenvalue weighted by Gasteiger charge is -2.38. The van der Waals surface area contributed by atoms with Crippen LogP contribution in [0, 0.1) is 23.2 Å². The number of rotatable bonds is 11. The van der Waals surface area contributed by atoms with E-state index in [9.17, 15) is 5.11 Å². The molecule has 1 aromatic heterocycles. The Morgan fingerprint density at radius 3 is 2.91 bits per heavy atom. The number of fused-ring (bicyclic) bond motifs is 1. The highest BCUT2D eigenvalue weighted by molar-refractivity contribution is 7.99. The van der Waals surface area contributed by atoms with Gasteiger partial charge in [0.05, 0.1) is 24.3 Å². The number of aromatic nitrogens is 1. The molecule has 0 saturated carbocycles. The van der Waals surface area contributed by atoms with E-state index in [1.807, 2.05) is 48.3 Å². The number of aryl methyl sites for hydroxylation is 1. The third-order valence-electron chi connectivity index (χ3n) is 7.12. The molecule has 5 nitrogen and oxygen atoms in total. The van der Waals surface area contributed by atoms with E-state index in [0.29, 0.717) is 11.8 Å². The number of aliphatic hydroxyl groups excluding tert-OH is 1. The van der Waals surface area contributed by atoms with Gasteiger partial charge in [0.1, 0.15) is 5.75 Å². The van der Waals surface area contributed by atoms with Gasteiger partial charge in [0.2, 0.25) is 0 Å². The van der Waals surface area contributed by atoms with Crippen LogP contribution in [0.5, 0.6) is 5.75 Å². The summed E-state index contributed by atoms with van der Waals surface area (Å²) < 4.78 is 5.41. The molecule has 3 aromatic rings. The van der Waals surface area contributed by atoms with Crippen molar-refractivity contribution in [3.8, 4) is 11.8 Å². The maximum absolute atomic E-state index is 10.1. The Morgan fingerprint density at radius 1 is 1.17 bits per heavy atom. The van der Waals surface area contributed by atoms with Crippen LogP contribution in [0.4, 0.5) is 0 Å². The lowest BCUT2D eigenvalue weighted by molar-refractivity contribution is 0.0677. The van der Waals surface area contributed by atoms with Crippen molar-refractivity contribution in [3.63, 3.8) is 0 Å². The Bertz CT molecular complexity index is 1150. The minimum atomic E-state index is 0.270. The predicted molar refractivity (Wildman–Crippen MR) is 143 cm³/mol. The zero-order chi connectivity index (χ0) is 24.5. The Balaban J connectivity index is 1.22. The van der Waals surface area contributed by atoms with E-state index in [2.05, 4.69) is 34.2 Å². The van der Waals surface area contributed by atoms with Crippen molar-refractivity contribution in [3.05, 3.63) is 65.9 Å². The van der Waals surface area contributed by atoms with Gasteiger partial charge >= 0.3 is 0 Å². The zero-order valence-corrected chi connectivity index (χ0v) is 21.3. The van der Waals surface area contributed by atoms with Gasteiger partial charge in [-0.2, -0.15) is 5.26 Å². The van der Waals surface area contributed by atoms with Crippen LogP contribution in [0.15, 0.2) is 59.6 Å². The first-order valence-corrected chi connectivity index (χ1v) is 13.6. The number of aliphatic hydroxyl groups is 1. The summed E-state index contributed by atoms with van der Waals surface area (Å²) in [5.74, 6) is 2.86. The second kappa shape index (κ2) is 12.9. The summed E-state index contributed by atoms with van der Waals surface area (Å²) in [4.78, 5) is 8.18. The number of nitriles is 1. The van der Waals surface area contributed by atoms with Crippen LogP contribution in [0.3, 0.4) is 0 Å². The van der Waals surface area contributed by atoms with Gasteiger partial charge in [-0.25, -0.2) is 0 Å². The third-order valence-corrected chi connectivity index (χ3v) is 8.20. The topological polar surface area (TPSA) is 69.4 Å². The average molecular weight is 490 g/mol. The summed E-state index contributed by atoms with van der Waals surface area (Å²) in [5.41, 5.74) is 3.06. The second-order valence-corrected chi connectivity index (χ2v) is 10.5.